The van der Waals surface area contributed by atoms with Crippen molar-refractivity contribution in [2.24, 2.45) is 0 Å². The summed E-state index contributed by atoms with van der Waals surface area (Å²) in [5, 5.41) is 0. The van der Waals surface area contributed by atoms with Gasteiger partial charge < -0.3 is 9.80 Å². The van der Waals surface area contributed by atoms with Crippen LogP contribution in [0.25, 0.3) is 28.1 Å². The van der Waals surface area contributed by atoms with Gasteiger partial charge in [0.2, 0.25) is 0 Å². The Morgan fingerprint density at radius 2 is 1.10 bits per heavy atom. The molecule has 1 saturated carbocycles. The van der Waals surface area contributed by atoms with E-state index in [1.165, 1.54) is 98.3 Å². The fourth-order valence-electron chi connectivity index (χ4n) is 13.1. The van der Waals surface area contributed by atoms with E-state index >= 15 is 0 Å². The number of anilines is 5. The van der Waals surface area contributed by atoms with Gasteiger partial charge in [-0.15, -0.1) is 0 Å². The number of imidazole rings is 1. The lowest BCUT2D eigenvalue weighted by atomic mass is 9.33. The first-order valence-corrected chi connectivity index (χ1v) is 26.5. The highest BCUT2D eigenvalue weighted by Gasteiger charge is 2.62. The molecule has 2 unspecified atom stereocenters. The molecule has 4 aliphatic rings. The van der Waals surface area contributed by atoms with Crippen molar-refractivity contribution in [2.75, 3.05) is 9.80 Å². The Kier molecular flexibility index (Phi) is 10.0. The summed E-state index contributed by atoms with van der Waals surface area (Å²) in [4.78, 5) is 11.3. The van der Waals surface area contributed by atoms with Crippen molar-refractivity contribution in [1.82, 2.24) is 9.55 Å². The lowest BCUT2D eigenvalue weighted by Gasteiger charge is -2.53. The first-order chi connectivity index (χ1) is 32.6. The van der Waals surface area contributed by atoms with Gasteiger partial charge in [-0.1, -0.05) is 184 Å². The van der Waals surface area contributed by atoms with Crippen LogP contribution < -0.4 is 26.2 Å². The van der Waals surface area contributed by atoms with E-state index in [4.69, 9.17) is 4.98 Å². The second kappa shape index (κ2) is 15.0. The predicted molar refractivity (Wildman–Crippen MR) is 302 cm³/mol. The van der Waals surface area contributed by atoms with E-state index in [2.05, 4.69) is 241 Å². The standard InChI is InChI=1S/C65H77BN4/c1-59(2,3)41-27-25-40(26-28-41)58-67-50-39-51-49(38-52(50)69(58)45-23-19-18-20-24-45)66-48-30-29-47(63(13,14)15)55-57(48)70(65(17)32-22-21-31-64(55,65)16)54-37-44(62(10,11)12)36-53(56(54)66)68(51)46-34-42(60(4,5)6)33-43(35-46)61(7,8)9/h18-20,23-30,33-39H,21-22,31-32H2,1-17H3. The average Bonchev–Trinajstić information content (AvgIpc) is 3.75. The van der Waals surface area contributed by atoms with Crippen molar-refractivity contribution < 1.29 is 0 Å². The van der Waals surface area contributed by atoms with Crippen molar-refractivity contribution in [1.29, 1.82) is 0 Å². The second-order valence-electron chi connectivity index (χ2n) is 27.4. The molecule has 360 valence electrons. The van der Waals surface area contributed by atoms with E-state index in [0.717, 1.165) is 28.1 Å². The molecule has 1 fully saturated rings. The summed E-state index contributed by atoms with van der Waals surface area (Å²) in [6.07, 6.45) is 4.86. The zero-order valence-electron chi connectivity index (χ0n) is 45.6. The zero-order chi connectivity index (χ0) is 50.0. The van der Waals surface area contributed by atoms with Gasteiger partial charge in [0.15, 0.2) is 0 Å². The Hall–Kier alpha value is -5.55. The van der Waals surface area contributed by atoms with Crippen LogP contribution in [0, 0.1) is 0 Å². The molecule has 4 heterocycles. The lowest BCUT2D eigenvalue weighted by molar-refractivity contribution is 0.193. The maximum absolute atomic E-state index is 5.71. The quantitative estimate of drug-likeness (QED) is 0.165. The van der Waals surface area contributed by atoms with Gasteiger partial charge in [-0.3, -0.25) is 4.57 Å². The molecule has 3 aliphatic heterocycles. The fraction of sp³-hybridized carbons (Fsp3) is 0.431. The molecule has 0 N–H and O–H groups in total. The summed E-state index contributed by atoms with van der Waals surface area (Å²) in [5.41, 5.74) is 23.4. The molecule has 7 aromatic rings. The number of fused-ring (bicyclic) bond motifs is 8. The first-order valence-electron chi connectivity index (χ1n) is 26.5. The van der Waals surface area contributed by atoms with Crippen LogP contribution in [0.1, 0.15) is 177 Å². The van der Waals surface area contributed by atoms with E-state index in [1.807, 2.05) is 0 Å². The Morgan fingerprint density at radius 1 is 0.514 bits per heavy atom. The van der Waals surface area contributed by atoms with Crippen molar-refractivity contribution in [3.8, 4) is 17.1 Å². The van der Waals surface area contributed by atoms with Gasteiger partial charge in [0.1, 0.15) is 5.82 Å². The molecule has 1 aromatic heterocycles. The van der Waals surface area contributed by atoms with Gasteiger partial charge in [-0.25, -0.2) is 4.98 Å². The number of rotatable bonds is 3. The summed E-state index contributed by atoms with van der Waals surface area (Å²) in [6.45, 7) is 40.9. The molecule has 4 nitrogen and oxygen atoms in total. The summed E-state index contributed by atoms with van der Waals surface area (Å²) < 4.78 is 2.43. The molecule has 6 aromatic carbocycles. The Bertz CT molecular complexity index is 3230. The minimum Gasteiger partial charge on any atom is -0.335 e. The number of para-hydroxylation sites is 1. The van der Waals surface area contributed by atoms with Crippen LogP contribution in [-0.4, -0.2) is 21.8 Å². The van der Waals surface area contributed by atoms with E-state index < -0.39 is 0 Å². The van der Waals surface area contributed by atoms with Crippen molar-refractivity contribution >= 4 is 62.6 Å². The first kappa shape index (κ1) is 46.8. The van der Waals surface area contributed by atoms with E-state index in [0.29, 0.717) is 0 Å². The van der Waals surface area contributed by atoms with E-state index in [1.54, 1.807) is 5.56 Å². The fourth-order valence-corrected chi connectivity index (χ4v) is 13.1. The van der Waals surface area contributed by atoms with Gasteiger partial charge >= 0.3 is 0 Å². The maximum atomic E-state index is 5.71. The maximum Gasteiger partial charge on any atom is 0.252 e. The lowest BCUT2D eigenvalue weighted by Crippen LogP contribution is -2.64. The largest absolute Gasteiger partial charge is 0.335 e. The average molecular weight is 925 g/mol. The third-order valence-electron chi connectivity index (χ3n) is 17.4. The molecular formula is C65H77BN4. The monoisotopic (exact) mass is 925 g/mol. The summed E-state index contributed by atoms with van der Waals surface area (Å²) in [7, 11) is 0. The minimum absolute atomic E-state index is 0.00238. The van der Waals surface area contributed by atoms with Crippen LogP contribution in [0.2, 0.25) is 0 Å². The van der Waals surface area contributed by atoms with Gasteiger partial charge in [-0.2, -0.15) is 0 Å². The van der Waals surface area contributed by atoms with Crippen LogP contribution in [-0.2, 0) is 32.5 Å². The summed E-state index contributed by atoms with van der Waals surface area (Å²) in [5.74, 6) is 0.962. The number of aromatic nitrogens is 2. The molecular weight excluding hydrogens is 848 g/mol. The molecule has 0 radical (unpaired) electrons. The molecule has 0 saturated heterocycles. The van der Waals surface area contributed by atoms with Crippen LogP contribution in [0.4, 0.5) is 28.4 Å². The number of hydrogen-bond donors (Lipinski definition) is 0. The van der Waals surface area contributed by atoms with Crippen LogP contribution in [0.5, 0.6) is 0 Å². The number of hydrogen-bond acceptors (Lipinski definition) is 3. The molecule has 1 aliphatic carbocycles. The number of benzene rings is 6. The Balaban J connectivity index is 1.31. The van der Waals surface area contributed by atoms with Gasteiger partial charge in [0, 0.05) is 45.1 Å². The Labute approximate surface area is 421 Å². The van der Waals surface area contributed by atoms with E-state index in [9.17, 15) is 0 Å². The van der Waals surface area contributed by atoms with Gasteiger partial charge in [0.25, 0.3) is 6.71 Å². The zero-order valence-corrected chi connectivity index (χ0v) is 45.6. The van der Waals surface area contributed by atoms with Gasteiger partial charge in [-0.05, 0) is 145 Å². The smallest absolute Gasteiger partial charge is 0.252 e. The third-order valence-corrected chi connectivity index (χ3v) is 17.4. The highest BCUT2D eigenvalue weighted by atomic mass is 15.3. The number of nitrogens with zero attached hydrogens (tertiary/aromatic N) is 4. The summed E-state index contributed by atoms with van der Waals surface area (Å²) >= 11 is 0. The molecule has 70 heavy (non-hydrogen) atoms. The van der Waals surface area contributed by atoms with Crippen LogP contribution >= 0.6 is 0 Å². The molecule has 0 bridgehead atoms. The van der Waals surface area contributed by atoms with Gasteiger partial charge in [0.05, 0.1) is 16.6 Å². The van der Waals surface area contributed by atoms with Crippen molar-refractivity contribution in [3.63, 3.8) is 0 Å². The molecule has 0 amide bonds. The molecule has 11 rings (SSSR count). The second-order valence-corrected chi connectivity index (χ2v) is 27.4. The SMILES string of the molecule is CC(C)(C)c1ccc(-c2nc3cc4c(cc3n2-c2ccccc2)B2c3ccc(C(C)(C)C)c5c3N(c3cc(C(C)(C)C)cc(c32)N4c2cc(C(C)(C)C)cc(C(C)(C)C)c2)C2(C)CCCCC52C)cc1. The van der Waals surface area contributed by atoms with Crippen LogP contribution in [0.3, 0.4) is 0 Å². The molecule has 0 spiro atoms. The topological polar surface area (TPSA) is 24.3 Å². The third kappa shape index (κ3) is 6.86. The predicted octanol–water partition coefficient (Wildman–Crippen LogP) is 15.5. The normalized spacial score (nSPS) is 19.9. The van der Waals surface area contributed by atoms with Crippen molar-refractivity contribution in [3.05, 3.63) is 143 Å². The van der Waals surface area contributed by atoms with Crippen LogP contribution in [0.15, 0.2) is 109 Å². The Morgan fingerprint density at radius 3 is 1.70 bits per heavy atom. The molecule has 5 heteroatoms. The highest BCUT2D eigenvalue weighted by Crippen LogP contribution is 2.64. The molecule has 2 atom stereocenters. The highest BCUT2D eigenvalue weighted by molar-refractivity contribution is 7.00. The summed E-state index contributed by atoms with van der Waals surface area (Å²) in [6, 6.07) is 42.9. The van der Waals surface area contributed by atoms with E-state index in [-0.39, 0.29) is 44.7 Å². The minimum atomic E-state index is -0.0977. The van der Waals surface area contributed by atoms with Crippen molar-refractivity contribution in [2.45, 2.75) is 181 Å².